The van der Waals surface area contributed by atoms with E-state index in [0.29, 0.717) is 12.8 Å². The molecule has 0 aromatic carbocycles. The monoisotopic (exact) mass is 962 g/mol. The van der Waals surface area contributed by atoms with Gasteiger partial charge < -0.3 is 89.9 Å². The van der Waals surface area contributed by atoms with Crippen LogP contribution in [0.15, 0.2) is 48.6 Å². The molecule has 0 aromatic heterocycles. The van der Waals surface area contributed by atoms with Gasteiger partial charge in [0.2, 0.25) is 5.91 Å². The second kappa shape index (κ2) is 33.4. The van der Waals surface area contributed by atoms with Crippen LogP contribution >= 0.6 is 0 Å². The quantitative estimate of drug-likeness (QED) is 0.0328. The molecule has 3 rings (SSSR count). The van der Waals surface area contributed by atoms with Gasteiger partial charge in [-0.05, 0) is 57.8 Å². The van der Waals surface area contributed by atoms with Crippen LogP contribution in [0.1, 0.15) is 117 Å². The third kappa shape index (κ3) is 19.8. The Morgan fingerprint density at radius 2 is 1.03 bits per heavy atom. The maximum Gasteiger partial charge on any atom is 0.220 e. The lowest BCUT2D eigenvalue weighted by atomic mass is 9.96. The van der Waals surface area contributed by atoms with Crippen molar-refractivity contribution in [3.05, 3.63) is 48.6 Å². The van der Waals surface area contributed by atoms with Crippen LogP contribution in [-0.4, -0.2) is 193 Å². The van der Waals surface area contributed by atoms with Crippen molar-refractivity contribution in [1.29, 1.82) is 0 Å². The molecule has 0 aromatic rings. The summed E-state index contributed by atoms with van der Waals surface area (Å²) in [6.45, 7) is 1.48. The Labute approximate surface area is 395 Å². The minimum absolute atomic E-state index is 0.216. The first-order valence-corrected chi connectivity index (χ1v) is 24.4. The summed E-state index contributed by atoms with van der Waals surface area (Å²) >= 11 is 0. The lowest BCUT2D eigenvalue weighted by Gasteiger charge is -2.48. The number of aliphatic hydroxyl groups is 11. The average Bonchev–Trinajstić information content (AvgIpc) is 3.32. The van der Waals surface area contributed by atoms with Gasteiger partial charge in [0.05, 0.1) is 38.6 Å². The van der Waals surface area contributed by atoms with E-state index in [4.69, 9.17) is 28.4 Å². The molecule has 17 unspecified atom stereocenters. The number of aliphatic hydroxyl groups excluding tert-OH is 11. The molecule has 19 nitrogen and oxygen atoms in total. The summed E-state index contributed by atoms with van der Waals surface area (Å²) in [5.41, 5.74) is 0. The lowest BCUT2D eigenvalue weighted by molar-refractivity contribution is -0.379. The van der Waals surface area contributed by atoms with Crippen molar-refractivity contribution in [2.75, 3.05) is 26.4 Å². The summed E-state index contributed by atoms with van der Waals surface area (Å²) in [6.07, 6.45) is 4.50. The molecule has 0 radical (unpaired) electrons. The predicted octanol–water partition coefficient (Wildman–Crippen LogP) is 0.803. The summed E-state index contributed by atoms with van der Waals surface area (Å²) in [6, 6.07) is -0.993. The van der Waals surface area contributed by atoms with Gasteiger partial charge in [0.15, 0.2) is 18.9 Å². The first kappa shape index (κ1) is 59.1. The standard InChI is InChI=1S/C48H83NO18/c1-3-5-7-9-11-12-13-14-15-16-17-18-20-22-24-26-36(54)49-31(32(53)25-23-21-19-10-8-6-4-2)30-62-46-42(60)39(57)44(34(28-51)64-46)67-48-43(61)40(58)45(35(29-52)65-48)66-47-41(59)38(56)37(55)33(27-50)63-47/h8,10-12,14-15,23,25,31-35,37-48,50-53,55-61H,3-7,9,13,16-22,24,26-30H2,1-2H3,(H,49,54)/b10-8+,12-11-,15-14-,25-23+. The lowest BCUT2D eigenvalue weighted by Crippen LogP contribution is -2.66. The molecule has 3 heterocycles. The van der Waals surface area contributed by atoms with Gasteiger partial charge in [0, 0.05) is 6.42 Å². The van der Waals surface area contributed by atoms with E-state index in [-0.39, 0.29) is 18.9 Å². The van der Waals surface area contributed by atoms with Crippen molar-refractivity contribution in [2.45, 2.75) is 221 Å². The highest BCUT2D eigenvalue weighted by Crippen LogP contribution is 2.33. The largest absolute Gasteiger partial charge is 0.394 e. The molecule has 1 amide bonds. The van der Waals surface area contributed by atoms with Gasteiger partial charge >= 0.3 is 0 Å². The fourth-order valence-corrected chi connectivity index (χ4v) is 7.95. The van der Waals surface area contributed by atoms with Crippen LogP contribution in [0.3, 0.4) is 0 Å². The molecule has 12 N–H and O–H groups in total. The maximum atomic E-state index is 13.1. The van der Waals surface area contributed by atoms with Crippen molar-refractivity contribution >= 4 is 5.91 Å². The van der Waals surface area contributed by atoms with E-state index < -0.39 is 124 Å². The Morgan fingerprint density at radius 3 is 1.63 bits per heavy atom. The summed E-state index contributed by atoms with van der Waals surface area (Å²) in [4.78, 5) is 13.1. The second-order valence-electron chi connectivity index (χ2n) is 17.6. The van der Waals surface area contributed by atoms with Crippen LogP contribution in [0.25, 0.3) is 0 Å². The molecule has 0 bridgehead atoms. The molecule has 3 aliphatic rings. The Kier molecular flexibility index (Phi) is 29.4. The number of unbranched alkanes of at least 4 members (excludes halogenated alkanes) is 10. The molecule has 67 heavy (non-hydrogen) atoms. The van der Waals surface area contributed by atoms with Gasteiger partial charge in [-0.15, -0.1) is 0 Å². The maximum absolute atomic E-state index is 13.1. The number of rotatable bonds is 32. The number of ether oxygens (including phenoxy) is 6. The van der Waals surface area contributed by atoms with Crippen LogP contribution in [0.2, 0.25) is 0 Å². The number of hydrogen-bond donors (Lipinski definition) is 12. The van der Waals surface area contributed by atoms with E-state index in [9.17, 15) is 61.0 Å². The second-order valence-corrected chi connectivity index (χ2v) is 17.6. The molecule has 3 aliphatic heterocycles. The highest BCUT2D eigenvalue weighted by Gasteiger charge is 2.53. The number of amides is 1. The van der Waals surface area contributed by atoms with Crippen molar-refractivity contribution < 1.29 is 89.4 Å². The van der Waals surface area contributed by atoms with Gasteiger partial charge in [0.25, 0.3) is 0 Å². The van der Waals surface area contributed by atoms with E-state index >= 15 is 0 Å². The first-order valence-electron chi connectivity index (χ1n) is 24.4. The van der Waals surface area contributed by atoms with Crippen molar-refractivity contribution in [2.24, 2.45) is 0 Å². The third-order valence-corrected chi connectivity index (χ3v) is 12.1. The molecular weight excluding hydrogens is 879 g/mol. The van der Waals surface area contributed by atoms with Crippen molar-refractivity contribution in [1.82, 2.24) is 5.32 Å². The van der Waals surface area contributed by atoms with Crippen molar-refractivity contribution in [3.63, 3.8) is 0 Å². The van der Waals surface area contributed by atoms with E-state index in [2.05, 4.69) is 55.6 Å². The topological polar surface area (TPSA) is 307 Å². The Bertz CT molecular complexity index is 1430. The summed E-state index contributed by atoms with van der Waals surface area (Å²) in [5.74, 6) is -0.309. The minimum Gasteiger partial charge on any atom is -0.394 e. The highest BCUT2D eigenvalue weighted by molar-refractivity contribution is 5.76. The molecule has 19 heteroatoms. The zero-order chi connectivity index (χ0) is 49.1. The van der Waals surface area contributed by atoms with Crippen LogP contribution in [0.4, 0.5) is 0 Å². The summed E-state index contributed by atoms with van der Waals surface area (Å²) in [5, 5.41) is 119. The van der Waals surface area contributed by atoms with Crippen LogP contribution in [0, 0.1) is 0 Å². The molecule has 17 atom stereocenters. The fourth-order valence-electron chi connectivity index (χ4n) is 7.95. The molecule has 388 valence electrons. The van der Waals surface area contributed by atoms with E-state index in [1.54, 1.807) is 12.2 Å². The van der Waals surface area contributed by atoms with E-state index in [1.165, 1.54) is 19.3 Å². The predicted molar refractivity (Wildman–Crippen MR) is 245 cm³/mol. The molecule has 3 saturated heterocycles. The molecular formula is C48H83NO18. The van der Waals surface area contributed by atoms with Gasteiger partial charge in [-0.25, -0.2) is 0 Å². The SMILES string of the molecule is CCC/C=C/CC/C=C/C(O)C(COC1OC(CO)C(OC2OC(CO)C(OC3OC(CO)C(O)C(O)C3O)C(O)C2O)C(O)C1O)NC(=O)CCCCCCC/C=C\C/C=C\CCCCC. The number of nitrogens with one attached hydrogen (secondary N) is 1. The molecule has 0 spiro atoms. The smallest absolute Gasteiger partial charge is 0.220 e. The van der Waals surface area contributed by atoms with E-state index in [0.717, 1.165) is 64.2 Å². The number of allylic oxidation sites excluding steroid dienone is 7. The Hall–Kier alpha value is -2.25. The summed E-state index contributed by atoms with van der Waals surface area (Å²) < 4.78 is 33.9. The van der Waals surface area contributed by atoms with Gasteiger partial charge in [-0.2, -0.15) is 0 Å². The zero-order valence-electron chi connectivity index (χ0n) is 39.4. The van der Waals surface area contributed by atoms with Crippen LogP contribution < -0.4 is 5.32 Å². The van der Waals surface area contributed by atoms with Gasteiger partial charge in [-0.1, -0.05) is 101 Å². The van der Waals surface area contributed by atoms with Crippen molar-refractivity contribution in [3.8, 4) is 0 Å². The highest BCUT2D eigenvalue weighted by atomic mass is 16.8. The summed E-state index contributed by atoms with van der Waals surface area (Å²) in [7, 11) is 0. The molecule has 3 fully saturated rings. The van der Waals surface area contributed by atoms with Crippen LogP contribution in [0.5, 0.6) is 0 Å². The van der Waals surface area contributed by atoms with Gasteiger partial charge in [-0.3, -0.25) is 4.79 Å². The Morgan fingerprint density at radius 1 is 0.537 bits per heavy atom. The molecule has 0 saturated carbocycles. The average molecular weight is 962 g/mol. The Balaban J connectivity index is 1.56. The number of carbonyl (C=O) groups is 1. The van der Waals surface area contributed by atoms with Gasteiger partial charge in [0.1, 0.15) is 73.2 Å². The number of hydrogen-bond acceptors (Lipinski definition) is 18. The number of carbonyl (C=O) groups excluding carboxylic acids is 1. The third-order valence-electron chi connectivity index (χ3n) is 12.1. The fraction of sp³-hybridized carbons (Fsp3) is 0.812. The minimum atomic E-state index is -1.98. The first-order chi connectivity index (χ1) is 32.3. The van der Waals surface area contributed by atoms with Crippen LogP contribution in [-0.2, 0) is 33.2 Å². The zero-order valence-corrected chi connectivity index (χ0v) is 39.4. The van der Waals surface area contributed by atoms with E-state index in [1.807, 2.05) is 0 Å². The molecule has 0 aliphatic carbocycles. The normalized spacial score (nSPS) is 33.9.